The van der Waals surface area contributed by atoms with E-state index in [4.69, 9.17) is 4.74 Å². The number of ketones is 1. The second-order valence-corrected chi connectivity index (χ2v) is 5.20. The van der Waals surface area contributed by atoms with Crippen LogP contribution < -0.4 is 5.32 Å². The van der Waals surface area contributed by atoms with Crippen LogP contribution in [0.4, 0.5) is 0 Å². The van der Waals surface area contributed by atoms with E-state index in [0.29, 0.717) is 11.1 Å². The third-order valence-corrected chi connectivity index (χ3v) is 3.65. The van der Waals surface area contributed by atoms with Gasteiger partial charge in [0.05, 0.1) is 0 Å². The van der Waals surface area contributed by atoms with E-state index in [1.54, 1.807) is 48.7 Å². The number of amides is 1. The molecule has 1 aliphatic rings. The van der Waals surface area contributed by atoms with Crippen LogP contribution in [0.2, 0.25) is 0 Å². The first-order chi connectivity index (χ1) is 11.0. The zero-order chi connectivity index (χ0) is 16.4. The Morgan fingerprint density at radius 2 is 1.96 bits per heavy atom. The summed E-state index contributed by atoms with van der Waals surface area (Å²) in [4.78, 5) is 28.4. The van der Waals surface area contributed by atoms with Crippen LogP contribution >= 0.6 is 0 Å². The molecule has 6 nitrogen and oxygen atoms in total. The lowest BCUT2D eigenvalue weighted by Gasteiger charge is -2.23. The quantitative estimate of drug-likeness (QED) is 0.906. The number of carbonyl (C=O) groups excluding carboxylic acids is 2. The Kier molecular flexibility index (Phi) is 3.57. The first kappa shape index (κ1) is 14.8. The van der Waals surface area contributed by atoms with Gasteiger partial charge in [-0.3, -0.25) is 19.9 Å². The molecule has 0 saturated heterocycles. The van der Waals surface area contributed by atoms with Crippen molar-refractivity contribution in [3.63, 3.8) is 0 Å². The van der Waals surface area contributed by atoms with E-state index in [0.717, 1.165) is 0 Å². The molecule has 0 aliphatic carbocycles. The lowest BCUT2D eigenvalue weighted by atomic mass is 9.93. The fourth-order valence-electron chi connectivity index (χ4n) is 2.31. The average Bonchev–Trinajstić information content (AvgIpc) is 2.81. The van der Waals surface area contributed by atoms with Gasteiger partial charge in [-0.25, -0.2) is 0 Å². The minimum absolute atomic E-state index is 0.254. The first-order valence-electron chi connectivity index (χ1n) is 6.96. The minimum Gasteiger partial charge on any atom is -0.501 e. The number of ether oxygens (including phenoxy) is 1. The molecule has 1 amide bonds. The van der Waals surface area contributed by atoms with Gasteiger partial charge in [-0.2, -0.15) is 0 Å². The van der Waals surface area contributed by atoms with Crippen LogP contribution in [0, 0.1) is 0 Å². The lowest BCUT2D eigenvalue weighted by Crippen LogP contribution is -2.32. The molecular formula is C17H14N2O4. The predicted octanol–water partition coefficient (Wildman–Crippen LogP) is 2.05. The van der Waals surface area contributed by atoms with E-state index in [2.05, 4.69) is 10.3 Å². The Morgan fingerprint density at radius 1 is 1.22 bits per heavy atom. The number of carbonyl (C=O) groups is 2. The van der Waals surface area contributed by atoms with Crippen molar-refractivity contribution in [2.24, 2.45) is 0 Å². The maximum atomic E-state index is 12.3. The summed E-state index contributed by atoms with van der Waals surface area (Å²) in [5, 5.41) is 12.4. The standard InChI is InChI=1S/C17H14N2O4/c1-17(12-8-5-9-18-10-12)14(21)13(20)16(23-17)19-15(22)11-6-3-2-4-7-11/h2-10,20H,1H3,(H,19,22). The van der Waals surface area contributed by atoms with Crippen LogP contribution in [0.25, 0.3) is 0 Å². The molecule has 1 aromatic carbocycles. The maximum absolute atomic E-state index is 12.3. The number of nitrogens with one attached hydrogen (secondary N) is 1. The van der Waals surface area contributed by atoms with Gasteiger partial charge in [-0.15, -0.1) is 0 Å². The van der Waals surface area contributed by atoms with E-state index in [1.165, 1.54) is 13.1 Å². The summed E-state index contributed by atoms with van der Waals surface area (Å²) >= 11 is 0. The van der Waals surface area contributed by atoms with Gasteiger partial charge in [-0.05, 0) is 25.1 Å². The molecule has 2 aromatic rings. The van der Waals surface area contributed by atoms with E-state index >= 15 is 0 Å². The maximum Gasteiger partial charge on any atom is 0.258 e. The molecule has 6 heteroatoms. The van der Waals surface area contributed by atoms with E-state index in [-0.39, 0.29) is 5.88 Å². The fraction of sp³-hybridized carbons (Fsp3) is 0.118. The Hall–Kier alpha value is -3.15. The number of aliphatic hydroxyl groups excluding tert-OH is 1. The number of benzene rings is 1. The summed E-state index contributed by atoms with van der Waals surface area (Å²) in [5.74, 6) is -1.97. The number of aliphatic hydroxyl groups is 1. The van der Waals surface area contributed by atoms with Crippen LogP contribution in [-0.4, -0.2) is 21.8 Å². The van der Waals surface area contributed by atoms with E-state index < -0.39 is 23.1 Å². The predicted molar refractivity (Wildman–Crippen MR) is 81.2 cm³/mol. The Bertz CT molecular complexity index is 787. The molecule has 0 fully saturated rings. The number of pyridine rings is 1. The van der Waals surface area contributed by atoms with Crippen LogP contribution in [0.1, 0.15) is 22.8 Å². The molecule has 2 heterocycles. The molecule has 0 bridgehead atoms. The van der Waals surface area contributed by atoms with Gasteiger partial charge in [0.2, 0.25) is 17.2 Å². The molecule has 3 rings (SSSR count). The van der Waals surface area contributed by atoms with Crippen molar-refractivity contribution < 1.29 is 19.4 Å². The van der Waals surface area contributed by atoms with Gasteiger partial charge >= 0.3 is 0 Å². The Morgan fingerprint density at radius 3 is 2.61 bits per heavy atom. The van der Waals surface area contributed by atoms with Crippen molar-refractivity contribution >= 4 is 11.7 Å². The van der Waals surface area contributed by atoms with Crippen molar-refractivity contribution in [3.05, 3.63) is 77.6 Å². The molecule has 116 valence electrons. The molecule has 1 atom stereocenters. The van der Waals surface area contributed by atoms with Gasteiger partial charge in [0.25, 0.3) is 11.7 Å². The first-order valence-corrected chi connectivity index (χ1v) is 6.96. The summed E-state index contributed by atoms with van der Waals surface area (Å²) in [6.07, 6.45) is 3.05. The van der Waals surface area contributed by atoms with Crippen molar-refractivity contribution in [2.45, 2.75) is 12.5 Å². The van der Waals surface area contributed by atoms with Crippen molar-refractivity contribution in [1.82, 2.24) is 10.3 Å². The molecule has 23 heavy (non-hydrogen) atoms. The van der Waals surface area contributed by atoms with Crippen molar-refractivity contribution in [2.75, 3.05) is 0 Å². The fourth-order valence-corrected chi connectivity index (χ4v) is 2.31. The van der Waals surface area contributed by atoms with Crippen LogP contribution in [0.5, 0.6) is 0 Å². The average molecular weight is 310 g/mol. The highest BCUT2D eigenvalue weighted by atomic mass is 16.5. The molecule has 0 saturated carbocycles. The normalized spacial score (nSPS) is 20.3. The van der Waals surface area contributed by atoms with Gasteiger partial charge < -0.3 is 9.84 Å². The second kappa shape index (κ2) is 5.57. The van der Waals surface area contributed by atoms with E-state index in [1.807, 2.05) is 0 Å². The largest absolute Gasteiger partial charge is 0.501 e. The number of aromatic nitrogens is 1. The Balaban J connectivity index is 1.85. The van der Waals surface area contributed by atoms with Crippen molar-refractivity contribution in [1.29, 1.82) is 0 Å². The number of hydrogen-bond donors (Lipinski definition) is 2. The molecule has 0 spiro atoms. The highest BCUT2D eigenvalue weighted by Crippen LogP contribution is 2.36. The van der Waals surface area contributed by atoms with Gasteiger partial charge in [-0.1, -0.05) is 24.3 Å². The SMILES string of the molecule is CC1(c2cccnc2)OC(NC(=O)c2ccccc2)=C(O)C1=O. The number of Topliss-reactive ketones (excluding diaryl/α,β-unsaturated/α-hetero) is 1. The van der Waals surface area contributed by atoms with Gasteiger partial charge in [0.1, 0.15) is 0 Å². The molecule has 0 radical (unpaired) electrons. The van der Waals surface area contributed by atoms with Crippen LogP contribution in [0.15, 0.2) is 66.5 Å². The van der Waals surface area contributed by atoms with E-state index in [9.17, 15) is 14.7 Å². The summed E-state index contributed by atoms with van der Waals surface area (Å²) in [5.41, 5.74) is -0.545. The summed E-state index contributed by atoms with van der Waals surface area (Å²) in [7, 11) is 0. The molecular weight excluding hydrogens is 296 g/mol. The number of nitrogens with zero attached hydrogens (tertiary/aromatic N) is 1. The molecule has 1 aromatic heterocycles. The minimum atomic E-state index is -1.42. The van der Waals surface area contributed by atoms with Crippen molar-refractivity contribution in [3.8, 4) is 0 Å². The van der Waals surface area contributed by atoms with Crippen LogP contribution in [-0.2, 0) is 15.1 Å². The monoisotopic (exact) mass is 310 g/mol. The topological polar surface area (TPSA) is 88.5 Å². The highest BCUT2D eigenvalue weighted by Gasteiger charge is 2.48. The number of hydrogen-bond acceptors (Lipinski definition) is 5. The summed E-state index contributed by atoms with van der Waals surface area (Å²) in [6, 6.07) is 11.8. The smallest absolute Gasteiger partial charge is 0.258 e. The van der Waals surface area contributed by atoms with Gasteiger partial charge in [0.15, 0.2) is 0 Å². The lowest BCUT2D eigenvalue weighted by molar-refractivity contribution is -0.131. The third kappa shape index (κ3) is 2.55. The van der Waals surface area contributed by atoms with Crippen LogP contribution in [0.3, 0.4) is 0 Å². The molecule has 2 N–H and O–H groups in total. The molecule has 1 unspecified atom stereocenters. The Labute approximate surface area is 132 Å². The summed E-state index contributed by atoms with van der Waals surface area (Å²) in [6.45, 7) is 1.52. The summed E-state index contributed by atoms with van der Waals surface area (Å²) < 4.78 is 5.56. The highest BCUT2D eigenvalue weighted by molar-refractivity contribution is 6.04. The number of rotatable bonds is 3. The second-order valence-electron chi connectivity index (χ2n) is 5.20. The zero-order valence-electron chi connectivity index (χ0n) is 12.3. The molecule has 1 aliphatic heterocycles. The van der Waals surface area contributed by atoms with Gasteiger partial charge in [0, 0.05) is 23.5 Å². The zero-order valence-corrected chi connectivity index (χ0v) is 12.3. The third-order valence-electron chi connectivity index (χ3n) is 3.65.